The highest BCUT2D eigenvalue weighted by Crippen LogP contribution is 2.25. The van der Waals surface area contributed by atoms with Gasteiger partial charge in [-0.25, -0.2) is 13.2 Å². The van der Waals surface area contributed by atoms with Gasteiger partial charge in [0.2, 0.25) is 0 Å². The van der Waals surface area contributed by atoms with E-state index in [0.29, 0.717) is 5.56 Å². The number of rotatable bonds is 3. The van der Waals surface area contributed by atoms with Gasteiger partial charge in [0.1, 0.15) is 5.75 Å². The number of hydrogen-bond donors (Lipinski definition) is 0. The van der Waals surface area contributed by atoms with Gasteiger partial charge in [0.25, 0.3) is 0 Å². The van der Waals surface area contributed by atoms with Crippen molar-refractivity contribution < 1.29 is 31.1 Å². The fourth-order valence-corrected chi connectivity index (χ4v) is 1.98. The lowest BCUT2D eigenvalue weighted by Gasteiger charge is -2.11. The zero-order valence-corrected chi connectivity index (χ0v) is 18.8. The van der Waals surface area contributed by atoms with Crippen molar-refractivity contribution in [3.05, 3.63) is 65.0 Å². The van der Waals surface area contributed by atoms with Crippen molar-refractivity contribution in [1.29, 1.82) is 0 Å². The van der Waals surface area contributed by atoms with Crippen LogP contribution in [0.2, 0.25) is 0 Å². The molecule has 0 fully saturated rings. The second-order valence-electron chi connectivity index (χ2n) is 6.23. The molecule has 172 valence electrons. The number of alkyl halides is 3. The van der Waals surface area contributed by atoms with Crippen LogP contribution in [0.3, 0.4) is 0 Å². The van der Waals surface area contributed by atoms with Gasteiger partial charge in [0, 0.05) is 0 Å². The summed E-state index contributed by atoms with van der Waals surface area (Å²) in [6.07, 6.45) is -4.62. The summed E-state index contributed by atoms with van der Waals surface area (Å²) in [5.74, 6) is -3.64. The number of benzene rings is 2. The van der Waals surface area contributed by atoms with Gasteiger partial charge in [-0.1, -0.05) is 67.5 Å². The van der Waals surface area contributed by atoms with E-state index in [1.54, 1.807) is 26.0 Å². The largest absolute Gasteiger partial charge is 0.573 e. The van der Waals surface area contributed by atoms with Crippen molar-refractivity contribution >= 4 is 0 Å². The molecule has 0 aromatic heterocycles. The predicted octanol–water partition coefficient (Wildman–Crippen LogP) is 8.99. The minimum atomic E-state index is -4.62. The van der Waals surface area contributed by atoms with Crippen molar-refractivity contribution in [1.82, 2.24) is 0 Å². The molecule has 0 radical (unpaired) electrons. The highest BCUT2D eigenvalue weighted by Gasteiger charge is 2.31. The maximum atomic E-state index is 12.6. The summed E-state index contributed by atoms with van der Waals surface area (Å²) in [6, 6.07) is 8.05. The van der Waals surface area contributed by atoms with E-state index in [0.717, 1.165) is 17.7 Å². The molecule has 2 aromatic carbocycles. The van der Waals surface area contributed by atoms with E-state index >= 15 is 0 Å². The maximum absolute atomic E-state index is 12.6. The first-order valence-electron chi connectivity index (χ1n) is 9.90. The summed E-state index contributed by atoms with van der Waals surface area (Å²) in [6.45, 7) is 15.4. The fraction of sp³-hybridized carbons (Fsp3) is 0.478. The van der Waals surface area contributed by atoms with E-state index in [9.17, 15) is 26.3 Å². The van der Waals surface area contributed by atoms with E-state index in [2.05, 4.69) is 4.74 Å². The second kappa shape index (κ2) is 14.7. The van der Waals surface area contributed by atoms with Crippen LogP contribution in [0.4, 0.5) is 26.3 Å². The van der Waals surface area contributed by atoms with Gasteiger partial charge in [-0.3, -0.25) is 0 Å². The van der Waals surface area contributed by atoms with Gasteiger partial charge in [-0.15, -0.1) is 13.2 Å². The molecule has 0 unspecified atom stereocenters. The minimum Gasteiger partial charge on any atom is -0.406 e. The van der Waals surface area contributed by atoms with Gasteiger partial charge in [-0.05, 0) is 47.2 Å². The Morgan fingerprint density at radius 2 is 1.13 bits per heavy atom. The molecule has 7 heteroatoms. The average molecular weight is 438 g/mol. The normalized spacial score (nSPS) is 10.3. The Balaban J connectivity index is 0. The van der Waals surface area contributed by atoms with Crippen molar-refractivity contribution in [2.75, 3.05) is 0 Å². The Kier molecular flexibility index (Phi) is 14.8. The van der Waals surface area contributed by atoms with Crippen LogP contribution in [0, 0.1) is 17.5 Å². The summed E-state index contributed by atoms with van der Waals surface area (Å²) >= 11 is 0. The van der Waals surface area contributed by atoms with Gasteiger partial charge in [0.05, 0.1) is 0 Å². The van der Waals surface area contributed by atoms with Crippen LogP contribution in [0.25, 0.3) is 0 Å². The zero-order valence-electron chi connectivity index (χ0n) is 18.8. The molecule has 2 rings (SSSR count). The monoisotopic (exact) mass is 438 g/mol. The summed E-state index contributed by atoms with van der Waals surface area (Å²) in [5.41, 5.74) is 1.29. The third kappa shape index (κ3) is 11.7. The first-order chi connectivity index (χ1) is 13.9. The average Bonchev–Trinajstić information content (AvgIpc) is 2.68. The van der Waals surface area contributed by atoms with E-state index in [-0.39, 0.29) is 17.6 Å². The summed E-state index contributed by atoms with van der Waals surface area (Å²) < 4.78 is 76.9. The van der Waals surface area contributed by atoms with Crippen molar-refractivity contribution in [3.8, 4) is 5.75 Å². The maximum Gasteiger partial charge on any atom is 0.573 e. The topological polar surface area (TPSA) is 9.23 Å². The van der Waals surface area contributed by atoms with Gasteiger partial charge in [0.15, 0.2) is 17.5 Å². The van der Waals surface area contributed by atoms with Crippen LogP contribution in [0.15, 0.2) is 36.4 Å². The van der Waals surface area contributed by atoms with Gasteiger partial charge in [-0.2, -0.15) is 0 Å². The van der Waals surface area contributed by atoms with Crippen molar-refractivity contribution in [2.45, 2.75) is 73.6 Å². The first kappa shape index (κ1) is 30.0. The summed E-state index contributed by atoms with van der Waals surface area (Å²) in [5, 5.41) is 0. The molecule has 0 aliphatic heterocycles. The molecule has 2 aromatic rings. The van der Waals surface area contributed by atoms with Crippen LogP contribution in [-0.4, -0.2) is 6.36 Å². The molecule has 0 aliphatic carbocycles. The highest BCUT2D eigenvalue weighted by atomic mass is 19.4. The predicted molar refractivity (Wildman–Crippen MR) is 110 cm³/mol. The first-order valence-corrected chi connectivity index (χ1v) is 9.90. The number of halogens is 6. The van der Waals surface area contributed by atoms with Gasteiger partial charge >= 0.3 is 6.36 Å². The molecule has 0 saturated carbocycles. The lowest BCUT2D eigenvalue weighted by Crippen LogP contribution is -2.17. The molecular formula is C23H32F6O. The molecule has 0 saturated heterocycles. The van der Waals surface area contributed by atoms with Crippen LogP contribution in [0.1, 0.15) is 78.4 Å². The molecule has 0 atom stereocenters. The van der Waals surface area contributed by atoms with E-state index < -0.39 is 23.8 Å². The third-order valence-corrected chi connectivity index (χ3v) is 3.43. The number of ether oxygens (including phenoxy) is 1. The van der Waals surface area contributed by atoms with E-state index in [1.807, 2.05) is 41.5 Å². The van der Waals surface area contributed by atoms with Crippen molar-refractivity contribution in [2.24, 2.45) is 0 Å². The SMILES string of the molecule is CC.CC.CC(C)c1cc(F)c(F)c(F)c1.CC(C)c1cccc(OC(F)(F)F)c1. The van der Waals surface area contributed by atoms with Crippen LogP contribution in [-0.2, 0) is 0 Å². The Labute approximate surface area is 176 Å². The summed E-state index contributed by atoms with van der Waals surface area (Å²) in [7, 11) is 0. The Morgan fingerprint density at radius 1 is 0.700 bits per heavy atom. The zero-order chi connectivity index (χ0) is 24.1. The molecule has 0 bridgehead atoms. The Hall–Kier alpha value is -2.18. The number of hydrogen-bond acceptors (Lipinski definition) is 1. The molecule has 0 aliphatic rings. The van der Waals surface area contributed by atoms with Crippen LogP contribution in [0.5, 0.6) is 5.75 Å². The minimum absolute atomic E-state index is 0.00500. The van der Waals surface area contributed by atoms with Crippen LogP contribution < -0.4 is 4.74 Å². The third-order valence-electron chi connectivity index (χ3n) is 3.43. The van der Waals surface area contributed by atoms with Crippen molar-refractivity contribution in [3.63, 3.8) is 0 Å². The molecular weight excluding hydrogens is 406 g/mol. The highest BCUT2D eigenvalue weighted by molar-refractivity contribution is 5.30. The molecule has 0 amide bonds. The lowest BCUT2D eigenvalue weighted by molar-refractivity contribution is -0.274. The van der Waals surface area contributed by atoms with E-state index in [1.165, 1.54) is 12.1 Å². The standard InChI is InChI=1S/C10H11F3O.C9H9F3.2C2H6/c1-7(2)8-4-3-5-9(6-8)14-10(11,12)13;1-5(2)6-3-7(10)9(12)8(11)4-6;2*1-2/h3-7H,1-2H3;3-5H,1-2H3;2*1-2H3. The van der Waals surface area contributed by atoms with Gasteiger partial charge < -0.3 is 4.74 Å². The second-order valence-corrected chi connectivity index (χ2v) is 6.23. The molecule has 0 spiro atoms. The lowest BCUT2D eigenvalue weighted by atomic mass is 10.0. The quantitative estimate of drug-likeness (QED) is 0.343. The smallest absolute Gasteiger partial charge is 0.406 e. The van der Waals surface area contributed by atoms with Crippen LogP contribution >= 0.6 is 0 Å². The molecule has 0 N–H and O–H groups in total. The van der Waals surface area contributed by atoms with E-state index in [4.69, 9.17) is 0 Å². The molecule has 1 nitrogen and oxygen atoms in total. The fourth-order valence-electron chi connectivity index (χ4n) is 1.98. The summed E-state index contributed by atoms with van der Waals surface area (Å²) in [4.78, 5) is 0. The Morgan fingerprint density at radius 3 is 1.50 bits per heavy atom. The Bertz CT molecular complexity index is 701. The molecule has 30 heavy (non-hydrogen) atoms. The molecule has 0 heterocycles.